The smallest absolute Gasteiger partial charge is 0.416 e. The lowest BCUT2D eigenvalue weighted by molar-refractivity contribution is -0.137. The van der Waals surface area contributed by atoms with Crippen molar-refractivity contribution in [2.75, 3.05) is 6.61 Å². The summed E-state index contributed by atoms with van der Waals surface area (Å²) in [4.78, 5) is 0. The summed E-state index contributed by atoms with van der Waals surface area (Å²) in [6, 6.07) is 3.03. The first-order valence-electron chi connectivity index (χ1n) is 7.04. The molecule has 0 spiro atoms. The predicted molar refractivity (Wildman–Crippen MR) is 76.7 cm³/mol. The summed E-state index contributed by atoms with van der Waals surface area (Å²) in [5, 5.41) is 7.38. The minimum Gasteiger partial charge on any atom is -0.493 e. The first-order valence-corrected chi connectivity index (χ1v) is 7.04. The Bertz CT molecular complexity index is 472. The van der Waals surface area contributed by atoms with Gasteiger partial charge in [-0.05, 0) is 24.6 Å². The third-order valence-electron chi connectivity index (χ3n) is 3.10. The van der Waals surface area contributed by atoms with Crippen LogP contribution in [0.4, 0.5) is 13.2 Å². The molecule has 0 aliphatic rings. The summed E-state index contributed by atoms with van der Waals surface area (Å²) in [6.45, 7) is 2.53. The maximum Gasteiger partial charge on any atom is 0.416 e. The first kappa shape index (κ1) is 17.3. The molecule has 0 radical (unpaired) electrons. The van der Waals surface area contributed by atoms with E-state index in [1.165, 1.54) is 12.5 Å². The molecule has 0 atom stereocenters. The molecule has 0 bridgehead atoms. The van der Waals surface area contributed by atoms with Crippen LogP contribution in [0, 0.1) is 5.41 Å². The van der Waals surface area contributed by atoms with Gasteiger partial charge in [0.25, 0.3) is 0 Å². The van der Waals surface area contributed by atoms with Gasteiger partial charge in [0, 0.05) is 0 Å². The Morgan fingerprint density at radius 3 is 2.43 bits per heavy atom. The van der Waals surface area contributed by atoms with Crippen molar-refractivity contribution < 1.29 is 17.9 Å². The Morgan fingerprint density at radius 1 is 1.19 bits per heavy atom. The maximum atomic E-state index is 12.6. The molecule has 0 fully saturated rings. The van der Waals surface area contributed by atoms with Crippen molar-refractivity contribution in [3.05, 3.63) is 29.3 Å². The van der Waals surface area contributed by atoms with E-state index in [9.17, 15) is 13.2 Å². The summed E-state index contributed by atoms with van der Waals surface area (Å²) in [5.41, 5.74) is 4.49. The minimum atomic E-state index is -4.46. The average Bonchev–Trinajstić information content (AvgIpc) is 2.41. The summed E-state index contributed by atoms with van der Waals surface area (Å²) in [5.74, 6) is -0.201. The highest BCUT2D eigenvalue weighted by Gasteiger charge is 2.31. The molecule has 118 valence electrons. The van der Waals surface area contributed by atoms with Gasteiger partial charge in [0.15, 0.2) is 0 Å². The molecule has 0 aromatic heterocycles. The number of ether oxygens (including phenoxy) is 1. The summed E-state index contributed by atoms with van der Waals surface area (Å²) in [7, 11) is 0. The van der Waals surface area contributed by atoms with Gasteiger partial charge in [0.2, 0.25) is 0 Å². The van der Waals surface area contributed by atoms with Gasteiger partial charge in [0.1, 0.15) is 11.6 Å². The topological polar surface area (TPSA) is 59.1 Å². The second kappa shape index (κ2) is 7.90. The standard InChI is InChI=1S/C15H21F3N2O/c1-2-3-4-5-6-9-21-13-8-7-11(15(16,17)18)10-12(13)14(19)20/h7-8,10H,2-6,9H2,1H3,(H3,19,20). The van der Waals surface area contributed by atoms with Gasteiger partial charge in [-0.1, -0.05) is 32.6 Å². The van der Waals surface area contributed by atoms with Crippen LogP contribution in [0.5, 0.6) is 5.75 Å². The zero-order valence-corrected chi connectivity index (χ0v) is 12.1. The maximum absolute atomic E-state index is 12.6. The fourth-order valence-corrected chi connectivity index (χ4v) is 1.93. The van der Waals surface area contributed by atoms with E-state index < -0.39 is 17.6 Å². The van der Waals surface area contributed by atoms with Crippen molar-refractivity contribution in [2.45, 2.75) is 45.2 Å². The highest BCUT2D eigenvalue weighted by molar-refractivity contribution is 5.97. The van der Waals surface area contributed by atoms with E-state index in [-0.39, 0.29) is 11.3 Å². The number of nitrogens with one attached hydrogen (secondary N) is 1. The summed E-state index contributed by atoms with van der Waals surface area (Å²) >= 11 is 0. The lowest BCUT2D eigenvalue weighted by Crippen LogP contribution is -2.16. The lowest BCUT2D eigenvalue weighted by Gasteiger charge is -2.13. The van der Waals surface area contributed by atoms with Gasteiger partial charge >= 0.3 is 6.18 Å². The van der Waals surface area contributed by atoms with E-state index in [1.807, 2.05) is 0 Å². The van der Waals surface area contributed by atoms with Gasteiger partial charge in [-0.25, -0.2) is 0 Å². The molecule has 1 aromatic rings. The molecule has 0 saturated heterocycles. The molecule has 6 heteroatoms. The van der Waals surface area contributed by atoms with E-state index in [0.717, 1.165) is 37.8 Å². The van der Waals surface area contributed by atoms with Crippen molar-refractivity contribution in [1.29, 1.82) is 5.41 Å². The van der Waals surface area contributed by atoms with E-state index in [4.69, 9.17) is 15.9 Å². The molecule has 1 aromatic carbocycles. The normalized spacial score (nSPS) is 11.4. The molecular formula is C15H21F3N2O. The van der Waals surface area contributed by atoms with Crippen LogP contribution in [0.3, 0.4) is 0 Å². The van der Waals surface area contributed by atoms with Crippen LogP contribution < -0.4 is 10.5 Å². The number of hydrogen-bond acceptors (Lipinski definition) is 2. The molecule has 0 aliphatic carbocycles. The van der Waals surface area contributed by atoms with Crippen molar-refractivity contribution >= 4 is 5.84 Å². The zero-order chi connectivity index (χ0) is 15.9. The van der Waals surface area contributed by atoms with Crippen LogP contribution in [0.15, 0.2) is 18.2 Å². The molecule has 0 heterocycles. The Kier molecular flexibility index (Phi) is 6.52. The molecule has 0 aliphatic heterocycles. The number of nitrogens with two attached hydrogens (primary N) is 1. The second-order valence-electron chi connectivity index (χ2n) is 4.89. The van der Waals surface area contributed by atoms with Crippen molar-refractivity contribution in [1.82, 2.24) is 0 Å². The van der Waals surface area contributed by atoms with Gasteiger partial charge < -0.3 is 10.5 Å². The third-order valence-corrected chi connectivity index (χ3v) is 3.10. The van der Waals surface area contributed by atoms with Gasteiger partial charge in [-0.2, -0.15) is 13.2 Å². The average molecular weight is 302 g/mol. The zero-order valence-electron chi connectivity index (χ0n) is 12.1. The van der Waals surface area contributed by atoms with Gasteiger partial charge in [-0.15, -0.1) is 0 Å². The number of benzene rings is 1. The highest BCUT2D eigenvalue weighted by atomic mass is 19.4. The van der Waals surface area contributed by atoms with E-state index in [1.54, 1.807) is 0 Å². The van der Waals surface area contributed by atoms with E-state index in [0.29, 0.717) is 6.61 Å². The molecule has 21 heavy (non-hydrogen) atoms. The monoisotopic (exact) mass is 302 g/mol. The van der Waals surface area contributed by atoms with Crippen molar-refractivity contribution in [2.24, 2.45) is 5.73 Å². The molecule has 0 amide bonds. The van der Waals surface area contributed by atoms with E-state index in [2.05, 4.69) is 6.92 Å². The number of alkyl halides is 3. The number of unbranched alkanes of at least 4 members (excludes halogenated alkanes) is 4. The third kappa shape index (κ3) is 5.65. The van der Waals surface area contributed by atoms with Crippen molar-refractivity contribution in [3.8, 4) is 5.75 Å². The number of rotatable bonds is 8. The van der Waals surface area contributed by atoms with Gasteiger partial charge in [-0.3, -0.25) is 5.41 Å². The summed E-state index contributed by atoms with van der Waals surface area (Å²) < 4.78 is 43.4. The predicted octanol–water partition coefficient (Wildman–Crippen LogP) is 4.34. The summed E-state index contributed by atoms with van der Waals surface area (Å²) in [6.07, 6.45) is 0.824. The SMILES string of the molecule is CCCCCCCOc1ccc(C(F)(F)F)cc1C(=N)N. The number of halogens is 3. The van der Waals surface area contributed by atoms with Crippen LogP contribution in [0.1, 0.15) is 50.2 Å². The minimum absolute atomic E-state index is 0.0154. The Hall–Kier alpha value is -1.72. The van der Waals surface area contributed by atoms with Crippen LogP contribution in [-0.4, -0.2) is 12.4 Å². The van der Waals surface area contributed by atoms with Crippen LogP contribution in [0.25, 0.3) is 0 Å². The highest BCUT2D eigenvalue weighted by Crippen LogP contribution is 2.32. The lowest BCUT2D eigenvalue weighted by atomic mass is 10.1. The first-order chi connectivity index (χ1) is 9.86. The Morgan fingerprint density at radius 2 is 1.86 bits per heavy atom. The number of amidine groups is 1. The second-order valence-corrected chi connectivity index (χ2v) is 4.89. The fourth-order valence-electron chi connectivity index (χ4n) is 1.93. The quantitative estimate of drug-likeness (QED) is 0.426. The fraction of sp³-hybridized carbons (Fsp3) is 0.533. The van der Waals surface area contributed by atoms with Gasteiger partial charge in [0.05, 0.1) is 17.7 Å². The van der Waals surface area contributed by atoms with Crippen molar-refractivity contribution in [3.63, 3.8) is 0 Å². The Labute approximate surface area is 122 Å². The number of nitrogen functional groups attached to an aromatic ring is 1. The van der Waals surface area contributed by atoms with Crippen LogP contribution in [0.2, 0.25) is 0 Å². The molecule has 3 nitrogen and oxygen atoms in total. The molecule has 0 unspecified atom stereocenters. The molecular weight excluding hydrogens is 281 g/mol. The Balaban J connectivity index is 2.67. The molecule has 0 saturated carbocycles. The number of hydrogen-bond donors (Lipinski definition) is 2. The molecule has 3 N–H and O–H groups in total. The van der Waals surface area contributed by atoms with Crippen LogP contribution in [-0.2, 0) is 6.18 Å². The van der Waals surface area contributed by atoms with E-state index >= 15 is 0 Å². The van der Waals surface area contributed by atoms with Crippen LogP contribution >= 0.6 is 0 Å². The largest absolute Gasteiger partial charge is 0.493 e. The molecule has 1 rings (SSSR count).